The summed E-state index contributed by atoms with van der Waals surface area (Å²) < 4.78 is 2.69. The van der Waals surface area contributed by atoms with Gasteiger partial charge in [0.1, 0.15) is 17.1 Å². The predicted octanol–water partition coefficient (Wildman–Crippen LogP) is 2.30. The average Bonchev–Trinajstić information content (AvgIpc) is 2.77. The molecule has 0 aliphatic carbocycles. The van der Waals surface area contributed by atoms with E-state index in [0.29, 0.717) is 18.1 Å². The van der Waals surface area contributed by atoms with Gasteiger partial charge in [-0.25, -0.2) is 4.79 Å². The Morgan fingerprint density at radius 3 is 2.53 bits per heavy atom. The van der Waals surface area contributed by atoms with Crippen molar-refractivity contribution in [3.63, 3.8) is 0 Å². The number of nitrogens with zero attached hydrogens (tertiary/aromatic N) is 2. The van der Waals surface area contributed by atoms with Crippen molar-refractivity contribution in [2.24, 2.45) is 9.95 Å². The van der Waals surface area contributed by atoms with Crippen molar-refractivity contribution >= 4 is 79.9 Å². The molecule has 0 bridgehead atoms. The van der Waals surface area contributed by atoms with Gasteiger partial charge in [0.05, 0.1) is 0 Å². The summed E-state index contributed by atoms with van der Waals surface area (Å²) >= 11 is 10.5. The second-order valence-electron chi connectivity index (χ2n) is 6.30. The van der Waals surface area contributed by atoms with Crippen LogP contribution < -0.4 is 16.3 Å². The van der Waals surface area contributed by atoms with E-state index < -0.39 is 5.97 Å². The second kappa shape index (κ2) is 15.5. The number of thioether (sulfide) groups is 2. The van der Waals surface area contributed by atoms with E-state index in [1.165, 1.54) is 4.90 Å². The van der Waals surface area contributed by atoms with Gasteiger partial charge in [-0.15, -0.1) is 23.5 Å². The molecule has 8 nitrogen and oxygen atoms in total. The Balaban J connectivity index is 0.000000769. The van der Waals surface area contributed by atoms with E-state index in [9.17, 15) is 14.7 Å². The fourth-order valence-corrected chi connectivity index (χ4v) is 5.52. The number of likely N-dealkylation sites (N-methyl/N-ethyl adjacent to an activating group) is 1. The topological polar surface area (TPSA) is 120 Å². The molecular formula is C18H26B2N5O3S4. The summed E-state index contributed by atoms with van der Waals surface area (Å²) in [6, 6.07) is 7.82. The number of nitrogens with one attached hydrogen (secondary N) is 2. The van der Waals surface area contributed by atoms with E-state index >= 15 is 0 Å². The first-order valence-electron chi connectivity index (χ1n) is 9.69. The minimum atomic E-state index is -1.02. The van der Waals surface area contributed by atoms with Crippen LogP contribution in [0.3, 0.4) is 0 Å². The molecular weight excluding hydrogens is 484 g/mol. The molecule has 2 aliphatic rings. The number of carbonyl (C=O) groups is 2. The zero-order valence-electron chi connectivity index (χ0n) is 17.9. The number of β-lactam (4-membered cyclic amide) rings is 1. The van der Waals surface area contributed by atoms with Crippen LogP contribution in [-0.4, -0.2) is 71.8 Å². The third-order valence-corrected chi connectivity index (χ3v) is 6.76. The van der Waals surface area contributed by atoms with Crippen molar-refractivity contribution in [3.8, 4) is 0 Å². The molecule has 1 radical (unpaired) electrons. The third kappa shape index (κ3) is 7.91. The van der Waals surface area contributed by atoms with Crippen molar-refractivity contribution in [1.82, 2.24) is 10.2 Å². The Bertz CT molecular complexity index is 823. The molecule has 5 N–H and O–H groups in total. The molecule has 0 aromatic heterocycles. The zero-order valence-corrected chi connectivity index (χ0v) is 21.2. The SMILES string of the molecule is CCNc1ccc(SCC2=C(C(=O)O)N3C(=O)C(NCC)C3SC2)cc1.NB=S.[B]=NS. The number of nitrogens with two attached hydrogens (primary N) is 1. The molecule has 3 rings (SSSR count). The van der Waals surface area contributed by atoms with Gasteiger partial charge >= 0.3 is 54.7 Å². The van der Waals surface area contributed by atoms with Crippen LogP contribution in [0.15, 0.2) is 44.7 Å². The Kier molecular flexibility index (Phi) is 13.9. The number of benzene rings is 1. The monoisotopic (exact) mass is 510 g/mol. The molecule has 0 spiro atoms. The number of aliphatic carboxylic acids is 1. The van der Waals surface area contributed by atoms with Gasteiger partial charge in [0.15, 0.2) is 0 Å². The van der Waals surface area contributed by atoms with Crippen LogP contribution in [0.2, 0.25) is 0 Å². The summed E-state index contributed by atoms with van der Waals surface area (Å²) in [5.41, 5.74) is 6.58. The van der Waals surface area contributed by atoms with Gasteiger partial charge in [-0.3, -0.25) is 9.69 Å². The Hall–Kier alpha value is -1.34. The van der Waals surface area contributed by atoms with Crippen LogP contribution in [0.25, 0.3) is 0 Å². The predicted molar refractivity (Wildman–Crippen MR) is 141 cm³/mol. The van der Waals surface area contributed by atoms with E-state index in [4.69, 9.17) is 0 Å². The summed E-state index contributed by atoms with van der Waals surface area (Å²) in [4.78, 5) is 26.7. The van der Waals surface area contributed by atoms with E-state index in [0.717, 1.165) is 29.0 Å². The van der Waals surface area contributed by atoms with E-state index in [1.54, 1.807) is 23.5 Å². The van der Waals surface area contributed by atoms with Crippen molar-refractivity contribution in [2.75, 3.05) is 29.9 Å². The van der Waals surface area contributed by atoms with Gasteiger partial charge in [-0.2, -0.15) is 0 Å². The van der Waals surface area contributed by atoms with Gasteiger partial charge in [0.25, 0.3) is 0 Å². The molecule has 1 aromatic rings. The fraction of sp³-hybridized carbons (Fsp3) is 0.444. The van der Waals surface area contributed by atoms with Crippen molar-refractivity contribution < 1.29 is 14.7 Å². The summed E-state index contributed by atoms with van der Waals surface area (Å²) in [7, 11) is 4.34. The van der Waals surface area contributed by atoms with Crippen LogP contribution in [0, 0.1) is 0 Å². The normalized spacial score (nSPS) is 18.6. The average molecular weight is 510 g/mol. The minimum absolute atomic E-state index is 0.110. The first-order valence-corrected chi connectivity index (χ1v) is 12.6. The molecule has 171 valence electrons. The Morgan fingerprint density at radius 1 is 1.44 bits per heavy atom. The molecule has 1 fully saturated rings. The number of rotatable bonds is 8. The molecule has 2 unspecified atom stereocenters. The van der Waals surface area contributed by atoms with Crippen molar-refractivity contribution in [2.45, 2.75) is 30.2 Å². The summed E-state index contributed by atoms with van der Waals surface area (Å²) in [5.74, 6) is 0.0495. The molecule has 2 atom stereocenters. The van der Waals surface area contributed by atoms with E-state index in [1.807, 2.05) is 38.1 Å². The van der Waals surface area contributed by atoms with Gasteiger partial charge in [0, 0.05) is 28.6 Å². The number of thiol groups is 1. The molecule has 2 aliphatic heterocycles. The first kappa shape index (κ1) is 28.7. The third-order valence-electron chi connectivity index (χ3n) is 4.32. The van der Waals surface area contributed by atoms with Crippen LogP contribution in [-0.2, 0) is 9.59 Å². The van der Waals surface area contributed by atoms with E-state index in [2.05, 4.69) is 53.1 Å². The fourth-order valence-electron chi connectivity index (χ4n) is 3.11. The summed E-state index contributed by atoms with van der Waals surface area (Å²) in [6.45, 7) is 5.56. The van der Waals surface area contributed by atoms with Crippen LogP contribution in [0.4, 0.5) is 5.69 Å². The zero-order chi connectivity index (χ0) is 24.1. The van der Waals surface area contributed by atoms with Crippen molar-refractivity contribution in [3.05, 3.63) is 35.5 Å². The quantitative estimate of drug-likeness (QED) is 0.155. The number of amides is 1. The van der Waals surface area contributed by atoms with Gasteiger partial charge in [0.2, 0.25) is 5.91 Å². The maximum absolute atomic E-state index is 12.4. The van der Waals surface area contributed by atoms with Crippen molar-refractivity contribution in [1.29, 1.82) is 0 Å². The van der Waals surface area contributed by atoms with Crippen LogP contribution in [0.1, 0.15) is 13.8 Å². The number of carboxylic acids is 1. The number of hydrogen-bond donors (Lipinski definition) is 5. The second-order valence-corrected chi connectivity index (χ2v) is 8.95. The number of fused-ring (bicyclic) bond motifs is 1. The summed E-state index contributed by atoms with van der Waals surface area (Å²) in [6.07, 6.45) is 1.08. The number of carbonyl (C=O) groups excluding carboxylic acids is 1. The van der Waals surface area contributed by atoms with Crippen LogP contribution in [0.5, 0.6) is 0 Å². The summed E-state index contributed by atoms with van der Waals surface area (Å²) in [5, 5.41) is 15.9. The van der Waals surface area contributed by atoms with Gasteiger partial charge in [-0.1, -0.05) is 6.92 Å². The standard InChI is InChI=1S/C18H23N3O3S2.BHNS.BH2NS/c1-3-19-12-5-7-13(8-6-12)25-9-11-10-26-17-14(20-4-2)16(22)21(17)15(11)18(23)24;1-2-3;2-1-3/h5-8,14,17,19-20H,3-4,9-10H2,1-2H3,(H,23,24);3H;2H2. The molecule has 2 heterocycles. The molecule has 14 heteroatoms. The molecule has 32 heavy (non-hydrogen) atoms. The molecule has 0 saturated carbocycles. The van der Waals surface area contributed by atoms with E-state index in [-0.39, 0.29) is 23.0 Å². The number of carboxylic acid groups (broad SMARTS) is 1. The molecule has 1 aromatic carbocycles. The first-order chi connectivity index (χ1) is 15.4. The molecule has 1 saturated heterocycles. The van der Waals surface area contributed by atoms with Gasteiger partial charge < -0.3 is 15.7 Å². The van der Waals surface area contributed by atoms with Crippen LogP contribution >= 0.6 is 48.4 Å². The maximum atomic E-state index is 12.4. The van der Waals surface area contributed by atoms with Gasteiger partial charge in [-0.05, 0) is 43.3 Å². The number of hydrogen-bond acceptors (Lipinski definition) is 9. The molecule has 1 amide bonds. The Labute approximate surface area is 209 Å². The Morgan fingerprint density at radius 2 is 2.03 bits per heavy atom. The number of anilines is 1.